The highest BCUT2D eigenvalue weighted by Gasteiger charge is 2.34. The Morgan fingerprint density at radius 1 is 1.52 bits per heavy atom. The monoisotopic (exact) mass is 356 g/mol. The smallest absolute Gasteiger partial charge is 0.133 e. The number of rotatable bonds is 4. The number of nitrogens with two attached hydrogens (primary N) is 1. The maximum absolute atomic E-state index is 6.06. The van der Waals surface area contributed by atoms with Crippen LogP contribution in [0.15, 0.2) is 22.7 Å². The molecular weight excluding hydrogens is 332 g/mol. The highest BCUT2D eigenvalue weighted by atomic mass is 79.9. The fourth-order valence-electron chi connectivity index (χ4n) is 3.13. The van der Waals surface area contributed by atoms with Crippen LogP contribution in [0.4, 0.5) is 0 Å². The van der Waals surface area contributed by atoms with Crippen molar-refractivity contribution in [2.75, 3.05) is 26.7 Å². The van der Waals surface area contributed by atoms with E-state index in [1.807, 2.05) is 6.07 Å². The van der Waals surface area contributed by atoms with Crippen LogP contribution >= 0.6 is 15.9 Å². The van der Waals surface area contributed by atoms with Crippen LogP contribution < -0.4 is 10.5 Å². The third-order valence-electron chi connectivity index (χ3n) is 3.82. The Labute approximate surface area is 135 Å². The van der Waals surface area contributed by atoms with E-state index in [0.717, 1.165) is 23.3 Å². The number of halogens is 1. The summed E-state index contributed by atoms with van der Waals surface area (Å²) in [5.41, 5.74) is 7.12. The van der Waals surface area contributed by atoms with Gasteiger partial charge in [-0.1, -0.05) is 6.07 Å². The number of methoxy groups -OCH3 is 1. The largest absolute Gasteiger partial charge is 0.496 e. The minimum absolute atomic E-state index is 0.144. The summed E-state index contributed by atoms with van der Waals surface area (Å²) >= 11 is 3.55. The highest BCUT2D eigenvalue weighted by Crippen LogP contribution is 2.32. The van der Waals surface area contributed by atoms with Crippen LogP contribution in [0, 0.1) is 0 Å². The van der Waals surface area contributed by atoms with E-state index in [1.54, 1.807) is 7.11 Å². The van der Waals surface area contributed by atoms with Gasteiger partial charge in [0.2, 0.25) is 0 Å². The van der Waals surface area contributed by atoms with E-state index < -0.39 is 0 Å². The topological polar surface area (TPSA) is 47.7 Å². The molecule has 0 radical (unpaired) electrons. The van der Waals surface area contributed by atoms with Crippen molar-refractivity contribution in [3.63, 3.8) is 0 Å². The molecule has 21 heavy (non-hydrogen) atoms. The van der Waals surface area contributed by atoms with E-state index in [4.69, 9.17) is 15.2 Å². The lowest BCUT2D eigenvalue weighted by Crippen LogP contribution is -2.53. The molecule has 1 saturated heterocycles. The number of morpholine rings is 1. The van der Waals surface area contributed by atoms with Gasteiger partial charge in [0.05, 0.1) is 23.3 Å². The van der Waals surface area contributed by atoms with Gasteiger partial charge in [0.15, 0.2) is 0 Å². The van der Waals surface area contributed by atoms with Gasteiger partial charge in [-0.25, -0.2) is 0 Å². The van der Waals surface area contributed by atoms with E-state index in [0.29, 0.717) is 6.54 Å². The van der Waals surface area contributed by atoms with E-state index in [9.17, 15) is 0 Å². The molecule has 2 N–H and O–H groups in total. The summed E-state index contributed by atoms with van der Waals surface area (Å²) in [6, 6.07) is 6.37. The summed E-state index contributed by atoms with van der Waals surface area (Å²) in [6.45, 7) is 8.74. The number of hydrogen-bond acceptors (Lipinski definition) is 4. The summed E-state index contributed by atoms with van der Waals surface area (Å²) in [5.74, 6) is 0.838. The Balaban J connectivity index is 2.24. The van der Waals surface area contributed by atoms with Crippen LogP contribution in [0.3, 0.4) is 0 Å². The molecule has 0 aromatic heterocycles. The van der Waals surface area contributed by atoms with Gasteiger partial charge in [0, 0.05) is 25.7 Å². The Bertz CT molecular complexity index is 493. The minimum atomic E-state index is -0.144. The van der Waals surface area contributed by atoms with Gasteiger partial charge in [-0.15, -0.1) is 0 Å². The molecule has 118 valence electrons. The molecule has 1 aromatic carbocycles. The van der Waals surface area contributed by atoms with Gasteiger partial charge in [0.25, 0.3) is 0 Å². The first-order valence-electron chi connectivity index (χ1n) is 7.31. The number of nitrogens with zero attached hydrogens (tertiary/aromatic N) is 1. The molecule has 1 aliphatic rings. The summed E-state index contributed by atoms with van der Waals surface area (Å²) in [7, 11) is 1.67. The van der Waals surface area contributed by atoms with E-state index in [2.05, 4.69) is 53.7 Å². The number of ether oxygens (including phenoxy) is 2. The van der Waals surface area contributed by atoms with Gasteiger partial charge in [-0.3, -0.25) is 4.90 Å². The molecule has 0 bridgehead atoms. The predicted octanol–water partition coefficient (Wildman–Crippen LogP) is 2.96. The second-order valence-electron chi connectivity index (χ2n) is 6.26. The first-order chi connectivity index (χ1) is 9.86. The predicted molar refractivity (Wildman–Crippen MR) is 88.7 cm³/mol. The average molecular weight is 357 g/mol. The maximum Gasteiger partial charge on any atom is 0.133 e. The lowest BCUT2D eigenvalue weighted by atomic mass is 9.99. The van der Waals surface area contributed by atoms with E-state index in [1.165, 1.54) is 5.56 Å². The molecule has 1 fully saturated rings. The molecule has 5 heteroatoms. The molecule has 1 heterocycles. The lowest BCUT2D eigenvalue weighted by Gasteiger charge is -2.45. The summed E-state index contributed by atoms with van der Waals surface area (Å²) in [5, 5.41) is 0. The van der Waals surface area contributed by atoms with Gasteiger partial charge in [-0.05, 0) is 54.4 Å². The van der Waals surface area contributed by atoms with Crippen LogP contribution in [0.5, 0.6) is 5.75 Å². The molecule has 2 rings (SSSR count). The lowest BCUT2D eigenvalue weighted by molar-refractivity contribution is -0.137. The fraction of sp³-hybridized carbons (Fsp3) is 0.625. The standard InChI is InChI=1S/C16H25BrN2O2/c1-11-9-19(10-16(2,3)21-11)14(8-18)12-5-6-15(20-4)13(17)7-12/h5-7,11,14H,8-10,18H2,1-4H3. The zero-order valence-corrected chi connectivity index (χ0v) is 14.8. The summed E-state index contributed by atoms with van der Waals surface area (Å²) in [6.07, 6.45) is 0.212. The first-order valence-corrected chi connectivity index (χ1v) is 8.11. The van der Waals surface area contributed by atoms with Crippen molar-refractivity contribution < 1.29 is 9.47 Å². The van der Waals surface area contributed by atoms with Crippen molar-refractivity contribution in [2.45, 2.75) is 38.5 Å². The summed E-state index contributed by atoms with van der Waals surface area (Å²) in [4.78, 5) is 2.42. The molecule has 1 aliphatic heterocycles. The van der Waals surface area contributed by atoms with Gasteiger partial charge in [-0.2, -0.15) is 0 Å². The van der Waals surface area contributed by atoms with Crippen molar-refractivity contribution in [1.82, 2.24) is 4.90 Å². The maximum atomic E-state index is 6.06. The molecule has 4 nitrogen and oxygen atoms in total. The van der Waals surface area contributed by atoms with Gasteiger partial charge < -0.3 is 15.2 Å². The SMILES string of the molecule is COc1ccc(C(CN)N2CC(C)OC(C)(C)C2)cc1Br. The molecule has 0 aliphatic carbocycles. The number of hydrogen-bond donors (Lipinski definition) is 1. The van der Waals surface area contributed by atoms with Gasteiger partial charge >= 0.3 is 0 Å². The van der Waals surface area contributed by atoms with Crippen molar-refractivity contribution in [3.05, 3.63) is 28.2 Å². The van der Waals surface area contributed by atoms with Crippen LogP contribution in [0.1, 0.15) is 32.4 Å². The Hall–Kier alpha value is -0.620. The molecule has 2 atom stereocenters. The minimum Gasteiger partial charge on any atom is -0.496 e. The highest BCUT2D eigenvalue weighted by molar-refractivity contribution is 9.10. The average Bonchev–Trinajstić information content (AvgIpc) is 2.37. The summed E-state index contributed by atoms with van der Waals surface area (Å²) < 4.78 is 12.2. The molecule has 0 saturated carbocycles. The number of benzene rings is 1. The Morgan fingerprint density at radius 2 is 2.24 bits per heavy atom. The normalized spacial score (nSPS) is 23.8. The van der Waals surface area contributed by atoms with Crippen LogP contribution in [0.2, 0.25) is 0 Å². The van der Waals surface area contributed by atoms with E-state index >= 15 is 0 Å². The molecule has 0 spiro atoms. The van der Waals surface area contributed by atoms with Crippen LogP contribution in [-0.2, 0) is 4.74 Å². The third-order valence-corrected chi connectivity index (χ3v) is 4.44. The van der Waals surface area contributed by atoms with Crippen molar-refractivity contribution in [3.8, 4) is 5.75 Å². The Kier molecular flexibility index (Phi) is 5.30. The van der Waals surface area contributed by atoms with Crippen LogP contribution in [-0.4, -0.2) is 43.3 Å². The molecule has 0 amide bonds. The van der Waals surface area contributed by atoms with Crippen LogP contribution in [0.25, 0.3) is 0 Å². The second kappa shape index (κ2) is 6.65. The van der Waals surface area contributed by atoms with Crippen molar-refractivity contribution >= 4 is 15.9 Å². The molecular formula is C16H25BrN2O2. The molecule has 1 aromatic rings. The zero-order valence-electron chi connectivity index (χ0n) is 13.2. The zero-order chi connectivity index (χ0) is 15.6. The molecule has 2 unspecified atom stereocenters. The first kappa shape index (κ1) is 16.7. The van der Waals surface area contributed by atoms with Crippen molar-refractivity contribution in [2.24, 2.45) is 5.73 Å². The fourth-order valence-corrected chi connectivity index (χ4v) is 3.68. The Morgan fingerprint density at radius 3 is 2.76 bits per heavy atom. The van der Waals surface area contributed by atoms with Gasteiger partial charge in [0.1, 0.15) is 5.75 Å². The van der Waals surface area contributed by atoms with Crippen molar-refractivity contribution in [1.29, 1.82) is 0 Å². The van der Waals surface area contributed by atoms with E-state index in [-0.39, 0.29) is 17.7 Å². The third kappa shape index (κ3) is 3.97. The quantitative estimate of drug-likeness (QED) is 0.900. The second-order valence-corrected chi connectivity index (χ2v) is 7.12.